The van der Waals surface area contributed by atoms with Crippen LogP contribution in [0.3, 0.4) is 0 Å². The smallest absolute Gasteiger partial charge is 0.150 e. The van der Waals surface area contributed by atoms with Crippen LogP contribution < -0.4 is 10.1 Å². The summed E-state index contributed by atoms with van der Waals surface area (Å²) in [5, 5.41) is 20.8. The van der Waals surface area contributed by atoms with Crippen LogP contribution >= 0.6 is 0 Å². The Labute approximate surface area is 113 Å². The van der Waals surface area contributed by atoms with Crippen molar-refractivity contribution in [2.45, 2.75) is 26.9 Å². The number of benzene rings is 1. The molecule has 4 nitrogen and oxygen atoms in total. The number of halogens is 1. The second-order valence-corrected chi connectivity index (χ2v) is 5.68. The van der Waals surface area contributed by atoms with Gasteiger partial charge in [0.25, 0.3) is 0 Å². The molecule has 0 saturated carbocycles. The topological polar surface area (TPSA) is 61.7 Å². The summed E-state index contributed by atoms with van der Waals surface area (Å²) in [6.07, 6.45) is -0.935. The van der Waals surface area contributed by atoms with Crippen LogP contribution in [0.1, 0.15) is 20.8 Å². The third-order valence-corrected chi connectivity index (χ3v) is 2.36. The van der Waals surface area contributed by atoms with Crippen molar-refractivity contribution in [3.8, 4) is 5.75 Å². The van der Waals surface area contributed by atoms with E-state index in [1.165, 1.54) is 6.07 Å². The number of aliphatic hydroxyl groups excluding tert-OH is 2. The average Bonchev–Trinajstić information content (AvgIpc) is 2.33. The average molecular weight is 271 g/mol. The highest BCUT2D eigenvalue weighted by molar-refractivity contribution is 5.57. The van der Waals surface area contributed by atoms with Gasteiger partial charge in [-0.3, -0.25) is 0 Å². The molecule has 0 aliphatic heterocycles. The summed E-state index contributed by atoms with van der Waals surface area (Å²) in [6.45, 7) is 6.20. The first kappa shape index (κ1) is 15.7. The van der Waals surface area contributed by atoms with Crippen molar-refractivity contribution >= 4 is 5.69 Å². The zero-order valence-corrected chi connectivity index (χ0v) is 11.6. The maximum atomic E-state index is 13.7. The summed E-state index contributed by atoms with van der Waals surface area (Å²) in [5.41, 5.74) is 0.174. The number of aliphatic hydroxyl groups is 2. The van der Waals surface area contributed by atoms with Crippen LogP contribution in [0.2, 0.25) is 0 Å². The van der Waals surface area contributed by atoms with E-state index in [-0.39, 0.29) is 24.3 Å². The monoisotopic (exact) mass is 271 g/mol. The fraction of sp³-hybridized carbons (Fsp3) is 0.571. The molecule has 1 unspecified atom stereocenters. The second kappa shape index (κ2) is 6.73. The number of para-hydroxylation sites is 1. The van der Waals surface area contributed by atoms with Gasteiger partial charge in [-0.15, -0.1) is 0 Å². The lowest BCUT2D eigenvalue weighted by Gasteiger charge is -2.21. The van der Waals surface area contributed by atoms with Gasteiger partial charge in [0.05, 0.1) is 19.3 Å². The van der Waals surface area contributed by atoms with Crippen LogP contribution in [0, 0.1) is 11.2 Å². The van der Waals surface area contributed by atoms with Crippen LogP contribution in [-0.2, 0) is 0 Å². The number of rotatable bonds is 6. The molecule has 0 radical (unpaired) electrons. The largest absolute Gasteiger partial charge is 0.491 e. The minimum Gasteiger partial charge on any atom is -0.491 e. The molecular weight excluding hydrogens is 249 g/mol. The van der Waals surface area contributed by atoms with Crippen LogP contribution in [0.4, 0.5) is 10.1 Å². The van der Waals surface area contributed by atoms with Crippen molar-refractivity contribution in [3.63, 3.8) is 0 Å². The van der Waals surface area contributed by atoms with Crippen LogP contribution in [0.25, 0.3) is 0 Å². The summed E-state index contributed by atoms with van der Waals surface area (Å²) in [4.78, 5) is 0. The quantitative estimate of drug-likeness (QED) is 0.740. The van der Waals surface area contributed by atoms with Crippen molar-refractivity contribution in [3.05, 3.63) is 24.0 Å². The zero-order valence-electron chi connectivity index (χ0n) is 11.6. The minimum atomic E-state index is -0.935. The highest BCUT2D eigenvalue weighted by Gasteiger charge is 2.15. The maximum absolute atomic E-state index is 13.7. The third-order valence-electron chi connectivity index (χ3n) is 2.36. The van der Waals surface area contributed by atoms with E-state index in [9.17, 15) is 9.50 Å². The predicted octanol–water partition coefficient (Wildman–Crippen LogP) is 2.02. The first-order valence-corrected chi connectivity index (χ1v) is 6.27. The Bertz CT molecular complexity index is 404. The molecule has 0 bridgehead atoms. The van der Waals surface area contributed by atoms with E-state index in [4.69, 9.17) is 9.84 Å². The van der Waals surface area contributed by atoms with Crippen molar-refractivity contribution in [2.24, 2.45) is 5.41 Å². The lowest BCUT2D eigenvalue weighted by molar-refractivity contribution is 0.105. The Morgan fingerprint density at radius 3 is 2.63 bits per heavy atom. The minimum absolute atomic E-state index is 0.0335. The summed E-state index contributed by atoms with van der Waals surface area (Å²) < 4.78 is 19.3. The normalized spacial score (nSPS) is 13.2. The van der Waals surface area contributed by atoms with E-state index >= 15 is 0 Å². The molecule has 0 aromatic heterocycles. The van der Waals surface area contributed by atoms with E-state index in [1.54, 1.807) is 12.1 Å². The number of hydrogen-bond acceptors (Lipinski definition) is 4. The molecule has 1 atom stereocenters. The first-order valence-electron chi connectivity index (χ1n) is 6.27. The van der Waals surface area contributed by atoms with Crippen molar-refractivity contribution in [1.82, 2.24) is 0 Å². The van der Waals surface area contributed by atoms with Crippen LogP contribution in [-0.4, -0.2) is 36.1 Å². The molecule has 0 aliphatic carbocycles. The van der Waals surface area contributed by atoms with Crippen molar-refractivity contribution in [2.75, 3.05) is 25.1 Å². The summed E-state index contributed by atoms with van der Waals surface area (Å²) in [6, 6.07) is 4.56. The molecule has 0 amide bonds. The van der Waals surface area contributed by atoms with Crippen molar-refractivity contribution in [1.29, 1.82) is 0 Å². The lowest BCUT2D eigenvalue weighted by atomic mass is 9.99. The van der Waals surface area contributed by atoms with Gasteiger partial charge in [0, 0.05) is 6.54 Å². The maximum Gasteiger partial charge on any atom is 0.150 e. The van der Waals surface area contributed by atoms with Gasteiger partial charge < -0.3 is 20.3 Å². The van der Waals surface area contributed by atoms with E-state index in [0.29, 0.717) is 12.4 Å². The molecule has 0 fully saturated rings. The van der Waals surface area contributed by atoms with Gasteiger partial charge in [-0.2, -0.15) is 0 Å². The number of nitrogens with one attached hydrogen (secondary N) is 1. The summed E-state index contributed by atoms with van der Waals surface area (Å²) in [7, 11) is 0. The third kappa shape index (κ3) is 5.44. The number of anilines is 1. The first-order chi connectivity index (χ1) is 8.83. The van der Waals surface area contributed by atoms with Gasteiger partial charge in [-0.25, -0.2) is 4.39 Å². The van der Waals surface area contributed by atoms with Crippen LogP contribution in [0.5, 0.6) is 5.75 Å². The molecule has 1 aromatic carbocycles. The van der Waals surface area contributed by atoms with Gasteiger partial charge in [0.1, 0.15) is 17.3 Å². The fourth-order valence-corrected chi connectivity index (χ4v) is 1.37. The predicted molar refractivity (Wildman–Crippen MR) is 72.9 cm³/mol. The van der Waals surface area contributed by atoms with Gasteiger partial charge in [0.15, 0.2) is 0 Å². The van der Waals surface area contributed by atoms with Gasteiger partial charge in [-0.05, 0) is 17.5 Å². The van der Waals surface area contributed by atoms with Gasteiger partial charge in [0.2, 0.25) is 0 Å². The standard InChI is InChI=1S/C14H22FNO3/c1-14(2,3)9-19-12-6-4-5-11(15)13(12)16-7-10(18)8-17/h4-6,10,16-18H,7-9H2,1-3H3. The number of ether oxygens (including phenoxy) is 1. The van der Waals surface area contributed by atoms with Gasteiger partial charge in [-0.1, -0.05) is 26.8 Å². The fourth-order valence-electron chi connectivity index (χ4n) is 1.37. The van der Waals surface area contributed by atoms with Crippen LogP contribution in [0.15, 0.2) is 18.2 Å². The molecule has 5 heteroatoms. The molecule has 0 heterocycles. The second-order valence-electron chi connectivity index (χ2n) is 5.68. The Kier molecular flexibility index (Phi) is 5.57. The van der Waals surface area contributed by atoms with E-state index in [0.717, 1.165) is 0 Å². The molecule has 19 heavy (non-hydrogen) atoms. The molecule has 0 saturated heterocycles. The highest BCUT2D eigenvalue weighted by Crippen LogP contribution is 2.29. The van der Waals surface area contributed by atoms with Crippen molar-refractivity contribution < 1.29 is 19.3 Å². The van der Waals surface area contributed by atoms with E-state index in [1.807, 2.05) is 20.8 Å². The number of hydrogen-bond donors (Lipinski definition) is 3. The molecule has 1 aromatic rings. The highest BCUT2D eigenvalue weighted by atomic mass is 19.1. The Morgan fingerprint density at radius 1 is 1.37 bits per heavy atom. The molecular formula is C14H22FNO3. The summed E-state index contributed by atoms with van der Waals surface area (Å²) in [5.74, 6) is -0.0448. The Balaban J connectivity index is 2.77. The Hall–Kier alpha value is -1.33. The van der Waals surface area contributed by atoms with E-state index < -0.39 is 11.9 Å². The lowest BCUT2D eigenvalue weighted by Crippen LogP contribution is -2.24. The Morgan fingerprint density at radius 2 is 2.05 bits per heavy atom. The van der Waals surface area contributed by atoms with Gasteiger partial charge >= 0.3 is 0 Å². The molecule has 108 valence electrons. The summed E-state index contributed by atoms with van der Waals surface area (Å²) >= 11 is 0. The molecule has 0 aliphatic rings. The molecule has 1 rings (SSSR count). The zero-order chi connectivity index (χ0) is 14.5. The van der Waals surface area contributed by atoms with E-state index in [2.05, 4.69) is 5.32 Å². The molecule has 3 N–H and O–H groups in total. The molecule has 0 spiro atoms. The SMILES string of the molecule is CC(C)(C)COc1cccc(F)c1NCC(O)CO.